The van der Waals surface area contributed by atoms with Gasteiger partial charge in [-0.2, -0.15) is 0 Å². The Kier molecular flexibility index (Phi) is 4.16. The van der Waals surface area contributed by atoms with Gasteiger partial charge in [0.2, 0.25) is 0 Å². The maximum atomic E-state index is 12.3. The van der Waals surface area contributed by atoms with E-state index in [1.54, 1.807) is 0 Å². The van der Waals surface area contributed by atoms with Crippen LogP contribution in [-0.4, -0.2) is 21.7 Å². The van der Waals surface area contributed by atoms with E-state index in [9.17, 15) is 8.78 Å². The van der Waals surface area contributed by atoms with Crippen molar-refractivity contribution in [1.82, 2.24) is 0 Å². The number of benzene rings is 1. The quantitative estimate of drug-likeness (QED) is 0.389. The molecule has 0 aliphatic rings. The van der Waals surface area contributed by atoms with Crippen LogP contribution in [0.5, 0.6) is 0 Å². The topological polar surface area (TPSA) is 0 Å². The summed E-state index contributed by atoms with van der Waals surface area (Å²) in [6, 6.07) is 3.40. The zero-order chi connectivity index (χ0) is 6.85. The van der Waals surface area contributed by atoms with Crippen LogP contribution in [0.25, 0.3) is 0 Å². The van der Waals surface area contributed by atoms with E-state index in [-0.39, 0.29) is 24.0 Å². The van der Waals surface area contributed by atoms with Crippen molar-refractivity contribution < 1.29 is 21.2 Å². The van der Waals surface area contributed by atoms with E-state index >= 15 is 0 Å². The van der Waals surface area contributed by atoms with Crippen molar-refractivity contribution in [2.24, 2.45) is 0 Å². The van der Waals surface area contributed by atoms with Gasteiger partial charge >= 0.3 is 64.0 Å². The van der Waals surface area contributed by atoms with Gasteiger partial charge in [-0.25, -0.2) is 0 Å². The van der Waals surface area contributed by atoms with Crippen LogP contribution in [0.1, 0.15) is 0 Å². The van der Waals surface area contributed by atoms with Gasteiger partial charge in [-0.15, -0.1) is 0 Å². The molecule has 0 amide bonds. The molecule has 0 radical (unpaired) electrons. The first-order valence-electron chi connectivity index (χ1n) is 2.47. The molecule has 0 atom stereocenters. The summed E-state index contributed by atoms with van der Waals surface area (Å²) in [7, 11) is 0. The van der Waals surface area contributed by atoms with Crippen molar-refractivity contribution in [3.8, 4) is 0 Å². The standard InChI is InChI=1S/C6H3F2.ClH.Mg/c7-5-1-2-6(8)4-3-5;;/h1-3H;1H;/q;;+1/p-1. The molecule has 0 saturated carbocycles. The Balaban J connectivity index is 0.000000810. The molecule has 0 saturated heterocycles. The van der Waals surface area contributed by atoms with E-state index in [2.05, 4.69) is 0 Å². The van der Waals surface area contributed by atoms with E-state index in [1.165, 1.54) is 27.8 Å². The summed E-state index contributed by atoms with van der Waals surface area (Å²) < 4.78 is 24.9. The van der Waals surface area contributed by atoms with E-state index in [0.717, 1.165) is 12.1 Å². The van der Waals surface area contributed by atoms with E-state index in [1.807, 2.05) is 0 Å². The van der Waals surface area contributed by atoms with Gasteiger partial charge in [0, 0.05) is 0 Å². The van der Waals surface area contributed by atoms with E-state index < -0.39 is 0 Å². The molecule has 0 N–H and O–H groups in total. The summed E-state index contributed by atoms with van der Waals surface area (Å²) in [6.07, 6.45) is 0. The monoisotopic (exact) mass is 172 g/mol. The number of rotatable bonds is 0. The number of hydrogen-bond donors (Lipinski definition) is 0. The van der Waals surface area contributed by atoms with Crippen LogP contribution < -0.4 is 16.1 Å². The SMILES string of the molecule is Fc1ccc(F)[c]([Mg+])c1.[Cl-]. The van der Waals surface area contributed by atoms with Crippen molar-refractivity contribution >= 4 is 25.4 Å². The zero-order valence-corrected chi connectivity index (χ0v) is 7.24. The molecule has 1 aromatic carbocycles. The molecule has 0 unspecified atom stereocenters. The Bertz CT molecular complexity index is 227. The summed E-state index contributed by atoms with van der Waals surface area (Å²) in [5, 5.41) is 0. The van der Waals surface area contributed by atoms with Gasteiger partial charge in [0.25, 0.3) is 0 Å². The second kappa shape index (κ2) is 4.11. The molecule has 0 aliphatic heterocycles. The predicted octanol–water partition coefficient (Wildman–Crippen LogP) is -2.24. The van der Waals surface area contributed by atoms with Gasteiger partial charge in [-0.3, -0.25) is 0 Å². The first-order valence-corrected chi connectivity index (χ1v) is 3.18. The molecular weight excluding hydrogens is 170 g/mol. The van der Waals surface area contributed by atoms with Gasteiger partial charge in [0.05, 0.1) is 0 Å². The van der Waals surface area contributed by atoms with Crippen LogP contribution in [0.4, 0.5) is 8.78 Å². The largest absolute Gasteiger partial charge is 1.00 e. The molecule has 50 valence electrons. The van der Waals surface area contributed by atoms with Crippen LogP contribution >= 0.6 is 0 Å². The van der Waals surface area contributed by atoms with Crippen LogP contribution in [0, 0.1) is 11.6 Å². The molecule has 0 fully saturated rings. The third kappa shape index (κ3) is 2.40. The van der Waals surface area contributed by atoms with Crippen molar-refractivity contribution in [1.29, 1.82) is 0 Å². The zero-order valence-electron chi connectivity index (χ0n) is 5.07. The summed E-state index contributed by atoms with van der Waals surface area (Å²) in [4.78, 5) is 0. The molecule has 0 nitrogen and oxygen atoms in total. The minimum atomic E-state index is -0.388. The molecule has 0 aromatic heterocycles. The summed E-state index contributed by atoms with van der Waals surface area (Å²) in [5.74, 6) is -0.740. The smallest absolute Gasteiger partial charge is 1.00 e. The van der Waals surface area contributed by atoms with Crippen molar-refractivity contribution in [2.45, 2.75) is 0 Å². The summed E-state index contributed by atoms with van der Waals surface area (Å²) >= 11 is 1.33. The Morgan fingerprint density at radius 2 is 1.80 bits per heavy atom. The molecule has 10 heavy (non-hydrogen) atoms. The normalized spacial score (nSPS) is 8.80. The van der Waals surface area contributed by atoms with Gasteiger partial charge in [-0.1, -0.05) is 0 Å². The molecule has 0 heterocycles. The molecule has 1 aromatic rings. The Hall–Kier alpha value is 0.136. The first-order chi connectivity index (χ1) is 4.20. The average Bonchev–Trinajstić information content (AvgIpc) is 1.80. The maximum absolute atomic E-state index is 12.3. The molecule has 0 spiro atoms. The molecule has 0 aliphatic carbocycles. The van der Waals surface area contributed by atoms with Crippen LogP contribution in [0.2, 0.25) is 0 Å². The van der Waals surface area contributed by atoms with Crippen LogP contribution in [0.3, 0.4) is 0 Å². The van der Waals surface area contributed by atoms with E-state index in [0.29, 0.717) is 3.69 Å². The fourth-order valence-electron chi connectivity index (χ4n) is 0.543. The van der Waals surface area contributed by atoms with Gasteiger partial charge in [0.15, 0.2) is 0 Å². The number of hydrogen-bond acceptors (Lipinski definition) is 0. The van der Waals surface area contributed by atoms with Gasteiger partial charge in [-0.05, 0) is 0 Å². The Morgan fingerprint density at radius 1 is 1.20 bits per heavy atom. The molecule has 1 rings (SSSR count). The second-order valence-electron chi connectivity index (χ2n) is 1.74. The molecule has 0 bridgehead atoms. The van der Waals surface area contributed by atoms with Gasteiger partial charge < -0.3 is 12.4 Å². The maximum Gasteiger partial charge on any atom is -1.00 e. The molecule has 4 heteroatoms. The van der Waals surface area contributed by atoms with Crippen molar-refractivity contribution in [3.63, 3.8) is 0 Å². The summed E-state index contributed by atoms with van der Waals surface area (Å²) in [6.45, 7) is 0. The minimum Gasteiger partial charge on any atom is -1.00 e. The van der Waals surface area contributed by atoms with Crippen LogP contribution in [0.15, 0.2) is 18.2 Å². The number of halogens is 3. The third-order valence-electron chi connectivity index (χ3n) is 1.01. The average molecular weight is 173 g/mol. The fraction of sp³-hybridized carbons (Fsp3) is 0. The third-order valence-corrected chi connectivity index (χ3v) is 1.55. The first kappa shape index (κ1) is 10.1. The van der Waals surface area contributed by atoms with Crippen molar-refractivity contribution in [3.05, 3.63) is 29.8 Å². The van der Waals surface area contributed by atoms with E-state index in [4.69, 9.17) is 0 Å². The van der Waals surface area contributed by atoms with Crippen LogP contribution in [-0.2, 0) is 0 Å². The second-order valence-corrected chi connectivity index (χ2v) is 2.50. The Morgan fingerprint density at radius 3 is 2.20 bits per heavy atom. The predicted molar refractivity (Wildman–Crippen MR) is 31.7 cm³/mol. The molecular formula is C6H3ClF2Mg. The van der Waals surface area contributed by atoms with Gasteiger partial charge in [0.1, 0.15) is 0 Å². The summed E-state index contributed by atoms with van der Waals surface area (Å²) in [5.41, 5.74) is 0. The Labute approximate surface area is 76.5 Å². The van der Waals surface area contributed by atoms with Crippen molar-refractivity contribution in [2.75, 3.05) is 0 Å². The minimum absolute atomic E-state index is 0. The fourth-order valence-corrected chi connectivity index (χ4v) is 0.856.